The van der Waals surface area contributed by atoms with Crippen LogP contribution >= 0.6 is 0 Å². The lowest BCUT2D eigenvalue weighted by Gasteiger charge is -2.13. The summed E-state index contributed by atoms with van der Waals surface area (Å²) in [5.74, 6) is -1.56. The molecule has 0 fully saturated rings. The van der Waals surface area contributed by atoms with Gasteiger partial charge in [0.2, 0.25) is 11.6 Å². The second-order valence-corrected chi connectivity index (χ2v) is 6.01. The van der Waals surface area contributed by atoms with Crippen molar-refractivity contribution < 1.29 is 35.9 Å². The number of alkyl halides is 6. The summed E-state index contributed by atoms with van der Waals surface area (Å²) in [7, 11) is 1.05. The van der Waals surface area contributed by atoms with Gasteiger partial charge >= 0.3 is 12.4 Å². The molecule has 0 saturated carbocycles. The van der Waals surface area contributed by atoms with Gasteiger partial charge in [-0.05, 0) is 24.6 Å². The zero-order valence-electron chi connectivity index (χ0n) is 15.0. The van der Waals surface area contributed by atoms with Crippen LogP contribution in [0.5, 0.6) is 5.75 Å². The lowest BCUT2D eigenvalue weighted by Crippen LogP contribution is -2.13. The van der Waals surface area contributed by atoms with Crippen LogP contribution in [0.25, 0.3) is 5.78 Å². The molecule has 5 nitrogen and oxygen atoms in total. The molecule has 0 N–H and O–H groups in total. The highest BCUT2D eigenvalue weighted by Crippen LogP contribution is 2.37. The van der Waals surface area contributed by atoms with Crippen LogP contribution in [0.3, 0.4) is 0 Å². The van der Waals surface area contributed by atoms with Crippen LogP contribution in [-0.4, -0.2) is 27.3 Å². The van der Waals surface area contributed by atoms with Crippen molar-refractivity contribution in [3.05, 3.63) is 58.7 Å². The molecule has 3 rings (SSSR count). The van der Waals surface area contributed by atoms with Gasteiger partial charge in [0.05, 0.1) is 23.9 Å². The number of aryl methyl sites for hydroxylation is 1. The monoisotopic (exact) mass is 417 g/mol. The zero-order valence-corrected chi connectivity index (χ0v) is 15.0. The maximum Gasteiger partial charge on any atom is 0.419 e. The number of carbonyl (C=O) groups is 1. The van der Waals surface area contributed by atoms with Crippen molar-refractivity contribution in [2.75, 3.05) is 7.11 Å². The minimum absolute atomic E-state index is 0.117. The number of hydrogen-bond acceptors (Lipinski definition) is 4. The molecule has 0 bridgehead atoms. The molecule has 0 saturated heterocycles. The highest BCUT2D eigenvalue weighted by molar-refractivity contribution is 6.09. The third-order valence-electron chi connectivity index (χ3n) is 4.20. The summed E-state index contributed by atoms with van der Waals surface area (Å²) in [6.07, 6.45) is -8.13. The van der Waals surface area contributed by atoms with Crippen molar-refractivity contribution in [2.24, 2.45) is 0 Å². The quantitative estimate of drug-likeness (QED) is 0.461. The maximum atomic E-state index is 13.3. The van der Waals surface area contributed by atoms with E-state index in [1.807, 2.05) is 0 Å². The first-order valence-corrected chi connectivity index (χ1v) is 8.21. The van der Waals surface area contributed by atoms with E-state index in [1.165, 1.54) is 0 Å². The van der Waals surface area contributed by atoms with E-state index in [0.29, 0.717) is 18.5 Å². The van der Waals surface area contributed by atoms with E-state index < -0.39 is 35.0 Å². The molecule has 0 unspecified atom stereocenters. The van der Waals surface area contributed by atoms with Crippen LogP contribution < -0.4 is 4.74 Å². The predicted molar refractivity (Wildman–Crippen MR) is 88.8 cm³/mol. The van der Waals surface area contributed by atoms with Crippen molar-refractivity contribution in [1.29, 1.82) is 0 Å². The Morgan fingerprint density at radius 2 is 1.83 bits per heavy atom. The van der Waals surface area contributed by atoms with Gasteiger partial charge in [0.15, 0.2) is 0 Å². The standard InChI is InChI=1S/C18H13F6N3O2/c1-3-12-14(27-8-10(17(19,20)21)7-25-16(27)26-12)15(28)9-4-5-13(29-2)11(6-9)18(22,23)24/h4-8H,3H2,1-2H3. The van der Waals surface area contributed by atoms with E-state index in [4.69, 9.17) is 0 Å². The van der Waals surface area contributed by atoms with Crippen LogP contribution in [-0.2, 0) is 18.8 Å². The fourth-order valence-corrected chi connectivity index (χ4v) is 2.82. The van der Waals surface area contributed by atoms with Gasteiger partial charge in [-0.25, -0.2) is 9.97 Å². The van der Waals surface area contributed by atoms with Crippen LogP contribution in [0.1, 0.15) is 39.8 Å². The molecule has 11 heteroatoms. The Labute approximate surface area is 160 Å². The SMILES string of the molecule is CCc1nc2ncc(C(F)(F)F)cn2c1C(=O)c1ccc(OC)c(C(F)(F)F)c1. The van der Waals surface area contributed by atoms with E-state index >= 15 is 0 Å². The van der Waals surface area contributed by atoms with E-state index in [9.17, 15) is 31.1 Å². The molecule has 0 spiro atoms. The van der Waals surface area contributed by atoms with Crippen molar-refractivity contribution in [1.82, 2.24) is 14.4 Å². The van der Waals surface area contributed by atoms with Crippen molar-refractivity contribution >= 4 is 11.6 Å². The number of hydrogen-bond donors (Lipinski definition) is 0. The highest BCUT2D eigenvalue weighted by atomic mass is 19.4. The number of ether oxygens (including phenoxy) is 1. The highest BCUT2D eigenvalue weighted by Gasteiger charge is 2.36. The van der Waals surface area contributed by atoms with E-state index in [1.54, 1.807) is 6.92 Å². The first-order chi connectivity index (χ1) is 13.5. The summed E-state index contributed by atoms with van der Waals surface area (Å²) in [5.41, 5.74) is -2.82. The Morgan fingerprint density at radius 3 is 2.38 bits per heavy atom. The fraction of sp³-hybridized carbons (Fsp3) is 0.278. The van der Waals surface area contributed by atoms with Crippen molar-refractivity contribution in [3.8, 4) is 5.75 Å². The van der Waals surface area contributed by atoms with Gasteiger partial charge in [-0.15, -0.1) is 0 Å². The largest absolute Gasteiger partial charge is 0.496 e. The lowest BCUT2D eigenvalue weighted by atomic mass is 10.0. The molecule has 0 aliphatic heterocycles. The summed E-state index contributed by atoms with van der Waals surface area (Å²) in [4.78, 5) is 20.6. The smallest absolute Gasteiger partial charge is 0.419 e. The zero-order chi connectivity index (χ0) is 21.6. The van der Waals surface area contributed by atoms with Crippen molar-refractivity contribution in [3.63, 3.8) is 0 Å². The van der Waals surface area contributed by atoms with E-state index in [0.717, 1.165) is 23.6 Å². The van der Waals surface area contributed by atoms with Crippen LogP contribution in [0.4, 0.5) is 26.3 Å². The molecule has 0 amide bonds. The number of ketones is 1. The lowest BCUT2D eigenvalue weighted by molar-refractivity contribution is -0.139. The first kappa shape index (κ1) is 20.6. The third-order valence-corrected chi connectivity index (χ3v) is 4.20. The Balaban J connectivity index is 2.21. The first-order valence-electron chi connectivity index (χ1n) is 8.21. The van der Waals surface area contributed by atoms with Gasteiger partial charge in [-0.2, -0.15) is 26.3 Å². The molecule has 0 aliphatic rings. The van der Waals surface area contributed by atoms with Gasteiger partial charge in [-0.1, -0.05) is 6.92 Å². The van der Waals surface area contributed by atoms with Gasteiger partial charge < -0.3 is 4.74 Å². The fourth-order valence-electron chi connectivity index (χ4n) is 2.82. The number of halogens is 6. The molecule has 1 aromatic carbocycles. The number of rotatable bonds is 4. The van der Waals surface area contributed by atoms with Gasteiger partial charge in [0.25, 0.3) is 0 Å². The summed E-state index contributed by atoms with van der Waals surface area (Å²) >= 11 is 0. The predicted octanol–water partition coefficient (Wildman–Crippen LogP) is 4.57. The molecular formula is C18H13F6N3O2. The van der Waals surface area contributed by atoms with Crippen LogP contribution in [0.15, 0.2) is 30.6 Å². The molecule has 0 atom stereocenters. The number of carbonyl (C=O) groups excluding carboxylic acids is 1. The molecule has 0 radical (unpaired) electrons. The number of imidazole rings is 1. The molecule has 0 aliphatic carbocycles. The van der Waals surface area contributed by atoms with Gasteiger partial charge in [-0.3, -0.25) is 9.20 Å². The Kier molecular flexibility index (Phi) is 5.01. The minimum Gasteiger partial charge on any atom is -0.496 e. The minimum atomic E-state index is -4.79. The summed E-state index contributed by atoms with van der Waals surface area (Å²) in [5, 5.41) is 0. The molecule has 2 aromatic heterocycles. The summed E-state index contributed by atoms with van der Waals surface area (Å²) in [6.45, 7) is 1.61. The molecular weight excluding hydrogens is 404 g/mol. The maximum absolute atomic E-state index is 13.3. The number of methoxy groups -OCH3 is 1. The van der Waals surface area contributed by atoms with Crippen LogP contribution in [0, 0.1) is 0 Å². The summed E-state index contributed by atoms with van der Waals surface area (Å²) in [6, 6.07) is 2.68. The number of fused-ring (bicyclic) bond motifs is 1. The average molecular weight is 417 g/mol. The number of aromatic nitrogens is 3. The molecule has 3 aromatic rings. The second kappa shape index (κ2) is 7.05. The topological polar surface area (TPSA) is 56.5 Å². The van der Waals surface area contributed by atoms with E-state index in [2.05, 4.69) is 14.7 Å². The molecule has 29 heavy (non-hydrogen) atoms. The second-order valence-electron chi connectivity index (χ2n) is 6.01. The molecule has 154 valence electrons. The van der Waals surface area contributed by atoms with Crippen molar-refractivity contribution in [2.45, 2.75) is 25.7 Å². The average Bonchev–Trinajstić information content (AvgIpc) is 3.03. The van der Waals surface area contributed by atoms with E-state index in [-0.39, 0.29) is 29.1 Å². The Morgan fingerprint density at radius 1 is 1.14 bits per heavy atom. The number of benzene rings is 1. The summed E-state index contributed by atoms with van der Waals surface area (Å²) < 4.78 is 84.4. The van der Waals surface area contributed by atoms with Gasteiger partial charge in [0.1, 0.15) is 11.4 Å². The Bertz CT molecular complexity index is 1090. The number of nitrogens with zero attached hydrogens (tertiary/aromatic N) is 3. The molecule has 2 heterocycles. The third kappa shape index (κ3) is 3.76. The van der Waals surface area contributed by atoms with Gasteiger partial charge in [0, 0.05) is 18.0 Å². The normalized spacial score (nSPS) is 12.4. The van der Waals surface area contributed by atoms with Crippen LogP contribution in [0.2, 0.25) is 0 Å². The Hall–Kier alpha value is -3.11.